The molecule has 0 saturated carbocycles. The number of nitrogens with zero attached hydrogens (tertiary/aromatic N) is 2. The molecule has 3 aromatic rings. The maximum atomic E-state index is 12.4. The van der Waals surface area contributed by atoms with Gasteiger partial charge in [-0.2, -0.15) is 5.10 Å². The van der Waals surface area contributed by atoms with Crippen molar-refractivity contribution in [3.8, 4) is 5.69 Å². The van der Waals surface area contributed by atoms with Crippen LogP contribution in [-0.4, -0.2) is 18.2 Å². The van der Waals surface area contributed by atoms with Gasteiger partial charge in [-0.15, -0.1) is 0 Å². The van der Waals surface area contributed by atoms with Crippen LogP contribution in [0.4, 0.5) is 5.69 Å². The average molecular weight is 362 g/mol. The van der Waals surface area contributed by atoms with E-state index in [2.05, 4.69) is 9.82 Å². The predicted octanol–water partition coefficient (Wildman–Crippen LogP) is 3.94. The Kier molecular flexibility index (Phi) is 4.34. The molecule has 1 aromatic heterocycles. The summed E-state index contributed by atoms with van der Waals surface area (Å²) in [7, 11) is -3.65. The maximum absolute atomic E-state index is 12.4. The van der Waals surface area contributed by atoms with Crippen molar-refractivity contribution in [3.05, 3.63) is 71.0 Å². The van der Waals surface area contributed by atoms with Gasteiger partial charge in [0.2, 0.25) is 0 Å². The van der Waals surface area contributed by atoms with E-state index >= 15 is 0 Å². The fourth-order valence-corrected chi connectivity index (χ4v) is 3.55. The van der Waals surface area contributed by atoms with Crippen LogP contribution in [0.15, 0.2) is 59.8 Å². The number of rotatable bonds is 4. The van der Waals surface area contributed by atoms with Crippen LogP contribution in [0.25, 0.3) is 5.69 Å². The normalized spacial score (nSPS) is 11.5. The number of aryl methyl sites for hydroxylation is 2. The Labute approximate surface area is 145 Å². The second-order valence-corrected chi connectivity index (χ2v) is 7.64. The number of hydrogen-bond donors (Lipinski definition) is 1. The Morgan fingerprint density at radius 3 is 2.33 bits per heavy atom. The van der Waals surface area contributed by atoms with Crippen LogP contribution < -0.4 is 4.72 Å². The van der Waals surface area contributed by atoms with E-state index in [-0.39, 0.29) is 4.90 Å². The fraction of sp³-hybridized carbons (Fsp3) is 0.118. The van der Waals surface area contributed by atoms with Crippen molar-refractivity contribution in [2.75, 3.05) is 4.72 Å². The van der Waals surface area contributed by atoms with Gasteiger partial charge < -0.3 is 0 Å². The van der Waals surface area contributed by atoms with E-state index in [1.807, 2.05) is 20.0 Å². The summed E-state index contributed by atoms with van der Waals surface area (Å²) in [5, 5.41) is 4.61. The highest BCUT2D eigenvalue weighted by atomic mass is 35.5. The van der Waals surface area contributed by atoms with Crippen LogP contribution in [0.3, 0.4) is 0 Å². The number of hydrogen-bond acceptors (Lipinski definition) is 3. The van der Waals surface area contributed by atoms with Crippen molar-refractivity contribution in [2.45, 2.75) is 18.7 Å². The Hall–Kier alpha value is -2.31. The third-order valence-electron chi connectivity index (χ3n) is 3.49. The number of nitrogens with one attached hydrogen (secondary N) is 1. The molecular weight excluding hydrogens is 346 g/mol. The Bertz CT molecular complexity index is 979. The van der Waals surface area contributed by atoms with Gasteiger partial charge >= 0.3 is 0 Å². The van der Waals surface area contributed by atoms with Crippen molar-refractivity contribution >= 4 is 27.3 Å². The standard InChI is InChI=1S/C17H16ClN3O2S/c1-12-3-6-15(7-4-12)24(22,23)20-14-5-8-17(16(18)9-14)21-11-13(2)10-19-21/h3-11,20H,1-2H3. The smallest absolute Gasteiger partial charge is 0.261 e. The molecule has 0 fully saturated rings. The molecule has 0 saturated heterocycles. The van der Waals surface area contributed by atoms with Crippen molar-refractivity contribution in [1.29, 1.82) is 0 Å². The lowest BCUT2D eigenvalue weighted by Gasteiger charge is -2.11. The van der Waals surface area contributed by atoms with E-state index in [1.54, 1.807) is 53.3 Å². The number of sulfonamides is 1. The van der Waals surface area contributed by atoms with E-state index in [9.17, 15) is 8.42 Å². The van der Waals surface area contributed by atoms with E-state index < -0.39 is 10.0 Å². The molecule has 3 rings (SSSR count). The van der Waals surface area contributed by atoms with Gasteiger partial charge in [-0.1, -0.05) is 29.3 Å². The number of benzene rings is 2. The van der Waals surface area contributed by atoms with E-state index in [0.29, 0.717) is 16.4 Å². The summed E-state index contributed by atoms with van der Waals surface area (Å²) >= 11 is 6.27. The van der Waals surface area contributed by atoms with Crippen LogP contribution in [0.1, 0.15) is 11.1 Å². The zero-order valence-electron chi connectivity index (χ0n) is 13.2. The molecule has 0 aliphatic heterocycles. The molecule has 124 valence electrons. The van der Waals surface area contributed by atoms with Gasteiger partial charge in [-0.25, -0.2) is 13.1 Å². The number of aromatic nitrogens is 2. The molecule has 0 spiro atoms. The van der Waals surface area contributed by atoms with Gasteiger partial charge in [0.25, 0.3) is 10.0 Å². The molecule has 5 nitrogen and oxygen atoms in total. The first-order chi connectivity index (χ1) is 11.3. The number of anilines is 1. The zero-order valence-corrected chi connectivity index (χ0v) is 14.8. The van der Waals surface area contributed by atoms with Gasteiger partial charge in [-0.05, 0) is 49.7 Å². The van der Waals surface area contributed by atoms with Crippen molar-refractivity contribution < 1.29 is 8.42 Å². The average Bonchev–Trinajstić information content (AvgIpc) is 2.93. The third kappa shape index (κ3) is 3.44. The topological polar surface area (TPSA) is 64.0 Å². The second kappa shape index (κ2) is 6.30. The van der Waals surface area contributed by atoms with Crippen molar-refractivity contribution in [2.24, 2.45) is 0 Å². The SMILES string of the molecule is Cc1ccc(S(=O)(=O)Nc2ccc(-n3cc(C)cn3)c(Cl)c2)cc1. The lowest BCUT2D eigenvalue weighted by Crippen LogP contribution is -2.13. The lowest BCUT2D eigenvalue weighted by atomic mass is 10.2. The molecule has 1 N–H and O–H groups in total. The zero-order chi connectivity index (χ0) is 17.3. The predicted molar refractivity (Wildman–Crippen MR) is 95.3 cm³/mol. The third-order valence-corrected chi connectivity index (χ3v) is 5.19. The Morgan fingerprint density at radius 1 is 1.04 bits per heavy atom. The van der Waals surface area contributed by atoms with Crippen LogP contribution in [0, 0.1) is 13.8 Å². The molecule has 0 atom stereocenters. The monoisotopic (exact) mass is 361 g/mol. The highest BCUT2D eigenvalue weighted by molar-refractivity contribution is 7.92. The first-order valence-electron chi connectivity index (χ1n) is 7.26. The molecule has 1 heterocycles. The van der Waals surface area contributed by atoms with Crippen molar-refractivity contribution in [3.63, 3.8) is 0 Å². The van der Waals surface area contributed by atoms with Crippen LogP contribution >= 0.6 is 11.6 Å². The molecule has 0 radical (unpaired) electrons. The summed E-state index contributed by atoms with van der Waals surface area (Å²) in [5.74, 6) is 0. The quantitative estimate of drug-likeness (QED) is 0.765. The summed E-state index contributed by atoms with van der Waals surface area (Å²) < 4.78 is 29.0. The second-order valence-electron chi connectivity index (χ2n) is 5.55. The van der Waals surface area contributed by atoms with Crippen LogP contribution in [0.2, 0.25) is 5.02 Å². The van der Waals surface area contributed by atoms with Gasteiger partial charge in [0.05, 0.1) is 27.5 Å². The molecule has 0 amide bonds. The highest BCUT2D eigenvalue weighted by Crippen LogP contribution is 2.26. The Balaban J connectivity index is 1.88. The van der Waals surface area contributed by atoms with Crippen molar-refractivity contribution in [1.82, 2.24) is 9.78 Å². The first kappa shape index (κ1) is 16.5. The van der Waals surface area contributed by atoms with Gasteiger partial charge in [0.1, 0.15) is 0 Å². The van der Waals surface area contributed by atoms with Gasteiger partial charge in [0.15, 0.2) is 0 Å². The summed E-state index contributed by atoms with van der Waals surface area (Å²) in [4.78, 5) is 0.205. The molecule has 24 heavy (non-hydrogen) atoms. The van der Waals surface area contributed by atoms with E-state index in [0.717, 1.165) is 11.1 Å². The summed E-state index contributed by atoms with van der Waals surface area (Å²) in [6.45, 7) is 3.83. The van der Waals surface area contributed by atoms with Gasteiger partial charge in [0, 0.05) is 6.20 Å². The Morgan fingerprint density at radius 2 is 1.75 bits per heavy atom. The van der Waals surface area contributed by atoms with Crippen LogP contribution in [0.5, 0.6) is 0 Å². The molecule has 0 aliphatic carbocycles. The fourth-order valence-electron chi connectivity index (χ4n) is 2.23. The van der Waals surface area contributed by atoms with Gasteiger partial charge in [-0.3, -0.25) is 4.72 Å². The molecule has 0 aliphatic rings. The maximum Gasteiger partial charge on any atom is 0.261 e. The molecular formula is C17H16ClN3O2S. The van der Waals surface area contributed by atoms with E-state index in [4.69, 9.17) is 11.6 Å². The highest BCUT2D eigenvalue weighted by Gasteiger charge is 2.15. The summed E-state index contributed by atoms with van der Waals surface area (Å²) in [6.07, 6.45) is 3.57. The first-order valence-corrected chi connectivity index (χ1v) is 9.12. The van der Waals surface area contributed by atoms with Crippen LogP contribution in [-0.2, 0) is 10.0 Å². The minimum atomic E-state index is -3.65. The molecule has 0 bridgehead atoms. The lowest BCUT2D eigenvalue weighted by molar-refractivity contribution is 0.601. The number of halogens is 1. The largest absolute Gasteiger partial charge is 0.280 e. The molecule has 2 aromatic carbocycles. The summed E-state index contributed by atoms with van der Waals surface area (Å²) in [5.41, 5.74) is 3.09. The molecule has 7 heteroatoms. The summed E-state index contributed by atoms with van der Waals surface area (Å²) in [6, 6.07) is 11.6. The minimum Gasteiger partial charge on any atom is -0.280 e. The molecule has 0 unspecified atom stereocenters. The van der Waals surface area contributed by atoms with E-state index in [1.165, 1.54) is 0 Å². The minimum absolute atomic E-state index is 0.205.